The van der Waals surface area contributed by atoms with Gasteiger partial charge < -0.3 is 5.73 Å². The van der Waals surface area contributed by atoms with E-state index in [9.17, 15) is 18.0 Å². The van der Waals surface area contributed by atoms with Crippen LogP contribution < -0.4 is 11.3 Å². The molecule has 0 radical (unpaired) electrons. The Balaban J connectivity index is 2.40. The molecule has 3 aromatic rings. The lowest BCUT2D eigenvalue weighted by atomic mass is 10.0. The number of hydrogen-bond acceptors (Lipinski definition) is 3. The van der Waals surface area contributed by atoms with Gasteiger partial charge in [0.05, 0.1) is 0 Å². The van der Waals surface area contributed by atoms with Crippen molar-refractivity contribution in [2.24, 2.45) is 7.05 Å². The number of aromatic nitrogens is 2. The molecule has 0 atom stereocenters. The van der Waals surface area contributed by atoms with E-state index in [1.165, 1.54) is 7.05 Å². The number of nitrogens with zero attached hydrogens (tertiary/aromatic N) is 2. The minimum absolute atomic E-state index is 0.0756. The summed E-state index contributed by atoms with van der Waals surface area (Å²) in [5.74, 6) is -0.0756. The van der Waals surface area contributed by atoms with Crippen LogP contribution in [0.15, 0.2) is 47.3 Å². The minimum atomic E-state index is -4.79. The number of halogens is 3. The minimum Gasteiger partial charge on any atom is -0.392 e. The molecular weight excluding hydrogens is 307 g/mol. The smallest absolute Gasteiger partial charge is 0.392 e. The number of nitrogen functional groups attached to an aromatic ring is 1. The van der Waals surface area contributed by atoms with Gasteiger partial charge in [-0.15, -0.1) is 0 Å². The van der Waals surface area contributed by atoms with Crippen molar-refractivity contribution >= 4 is 16.5 Å². The molecule has 0 aliphatic carbocycles. The van der Waals surface area contributed by atoms with Gasteiger partial charge in [-0.2, -0.15) is 13.2 Å². The molecule has 0 bridgehead atoms. The highest BCUT2D eigenvalue weighted by atomic mass is 19.4. The highest BCUT2D eigenvalue weighted by molar-refractivity contribution is 5.95. The van der Waals surface area contributed by atoms with Gasteiger partial charge in [0.1, 0.15) is 11.5 Å². The summed E-state index contributed by atoms with van der Waals surface area (Å²) in [4.78, 5) is 15.7. The second-order valence-electron chi connectivity index (χ2n) is 5.09. The topological polar surface area (TPSA) is 60.9 Å². The van der Waals surface area contributed by atoms with Crippen molar-refractivity contribution in [3.8, 4) is 11.4 Å². The molecule has 3 rings (SSSR count). The molecule has 0 saturated carbocycles. The van der Waals surface area contributed by atoms with Gasteiger partial charge in [0.25, 0.3) is 5.56 Å². The second-order valence-corrected chi connectivity index (χ2v) is 5.09. The highest BCUT2D eigenvalue weighted by Gasteiger charge is 2.37. The Morgan fingerprint density at radius 2 is 1.74 bits per heavy atom. The van der Waals surface area contributed by atoms with E-state index < -0.39 is 23.1 Å². The fourth-order valence-electron chi connectivity index (χ4n) is 2.50. The van der Waals surface area contributed by atoms with E-state index in [2.05, 4.69) is 4.98 Å². The van der Waals surface area contributed by atoms with Crippen LogP contribution in [-0.2, 0) is 13.2 Å². The van der Waals surface area contributed by atoms with E-state index in [1.54, 1.807) is 24.3 Å². The number of benzene rings is 2. The Hall–Kier alpha value is -2.83. The maximum atomic E-state index is 13.1. The second kappa shape index (κ2) is 5.12. The van der Waals surface area contributed by atoms with Crippen molar-refractivity contribution in [3.05, 3.63) is 58.5 Å². The van der Waals surface area contributed by atoms with E-state index in [4.69, 9.17) is 5.73 Å². The third kappa shape index (κ3) is 2.44. The Labute approximate surface area is 129 Å². The molecule has 1 aromatic heterocycles. The molecule has 0 amide bonds. The van der Waals surface area contributed by atoms with E-state index in [0.29, 0.717) is 10.9 Å². The molecule has 118 valence electrons. The molecule has 0 saturated heterocycles. The molecule has 2 N–H and O–H groups in total. The first kappa shape index (κ1) is 15.1. The van der Waals surface area contributed by atoms with Crippen LogP contribution in [-0.4, -0.2) is 9.55 Å². The first-order valence-corrected chi connectivity index (χ1v) is 6.72. The lowest BCUT2D eigenvalue weighted by Crippen LogP contribution is -2.28. The van der Waals surface area contributed by atoms with Gasteiger partial charge in [0.2, 0.25) is 0 Å². The van der Waals surface area contributed by atoms with Crippen LogP contribution in [0.5, 0.6) is 0 Å². The number of rotatable bonds is 1. The zero-order chi connectivity index (χ0) is 16.8. The molecule has 0 fully saturated rings. The van der Waals surface area contributed by atoms with Crippen molar-refractivity contribution in [2.75, 3.05) is 5.73 Å². The van der Waals surface area contributed by atoms with Gasteiger partial charge in [-0.05, 0) is 10.8 Å². The first-order chi connectivity index (χ1) is 10.8. The van der Waals surface area contributed by atoms with Gasteiger partial charge in [0, 0.05) is 12.6 Å². The van der Waals surface area contributed by atoms with Crippen LogP contribution in [0.4, 0.5) is 18.9 Å². The summed E-state index contributed by atoms with van der Waals surface area (Å²) in [6, 6.07) is 12.3. The third-order valence-electron chi connectivity index (χ3n) is 3.62. The maximum absolute atomic E-state index is 13.1. The summed E-state index contributed by atoms with van der Waals surface area (Å²) < 4.78 is 40.3. The standard InChI is InChI=1S/C16H12F3N3O/c1-22-14(21-13(16(17,18)19)12(20)15(22)23)11-8-4-6-9-5-2-3-7-10(9)11/h2-8H,20H2,1H3. The average Bonchev–Trinajstić information content (AvgIpc) is 2.51. The van der Waals surface area contributed by atoms with Crippen LogP contribution in [0.25, 0.3) is 22.2 Å². The van der Waals surface area contributed by atoms with Crippen LogP contribution in [0, 0.1) is 0 Å². The summed E-state index contributed by atoms with van der Waals surface area (Å²) in [6.45, 7) is 0. The van der Waals surface area contributed by atoms with E-state index >= 15 is 0 Å². The quantitative estimate of drug-likeness (QED) is 0.749. The molecule has 7 heteroatoms. The average molecular weight is 319 g/mol. The fourth-order valence-corrected chi connectivity index (χ4v) is 2.50. The number of alkyl halides is 3. The van der Waals surface area contributed by atoms with Crippen molar-refractivity contribution in [1.29, 1.82) is 0 Å². The molecule has 4 nitrogen and oxygen atoms in total. The number of hydrogen-bond donors (Lipinski definition) is 1. The van der Waals surface area contributed by atoms with Crippen molar-refractivity contribution in [1.82, 2.24) is 9.55 Å². The molecule has 0 unspecified atom stereocenters. The van der Waals surface area contributed by atoms with Gasteiger partial charge in [-0.25, -0.2) is 4.98 Å². The van der Waals surface area contributed by atoms with Crippen LogP contribution in [0.1, 0.15) is 5.69 Å². The molecule has 23 heavy (non-hydrogen) atoms. The SMILES string of the molecule is Cn1c(-c2cccc3ccccc23)nc(C(F)(F)F)c(N)c1=O. The normalized spacial score (nSPS) is 11.8. The number of anilines is 1. The van der Waals surface area contributed by atoms with Crippen molar-refractivity contribution < 1.29 is 13.2 Å². The Morgan fingerprint density at radius 3 is 2.43 bits per heavy atom. The predicted molar refractivity (Wildman–Crippen MR) is 81.8 cm³/mol. The molecule has 1 heterocycles. The summed E-state index contributed by atoms with van der Waals surface area (Å²) in [5.41, 5.74) is 2.57. The Morgan fingerprint density at radius 1 is 1.09 bits per heavy atom. The maximum Gasteiger partial charge on any atom is 0.435 e. The van der Waals surface area contributed by atoms with Crippen molar-refractivity contribution in [2.45, 2.75) is 6.18 Å². The summed E-state index contributed by atoms with van der Waals surface area (Å²) in [6.07, 6.45) is -4.79. The van der Waals surface area contributed by atoms with Gasteiger partial charge in [-0.3, -0.25) is 9.36 Å². The largest absolute Gasteiger partial charge is 0.435 e. The van der Waals surface area contributed by atoms with Gasteiger partial charge in [0.15, 0.2) is 5.69 Å². The lowest BCUT2D eigenvalue weighted by Gasteiger charge is -2.15. The molecular formula is C16H12F3N3O. The van der Waals surface area contributed by atoms with E-state index in [-0.39, 0.29) is 5.82 Å². The lowest BCUT2D eigenvalue weighted by molar-refractivity contribution is -0.140. The third-order valence-corrected chi connectivity index (χ3v) is 3.62. The zero-order valence-electron chi connectivity index (χ0n) is 12.1. The molecule has 2 aromatic carbocycles. The monoisotopic (exact) mass is 319 g/mol. The molecule has 0 spiro atoms. The zero-order valence-corrected chi connectivity index (χ0v) is 12.1. The van der Waals surface area contributed by atoms with Gasteiger partial charge >= 0.3 is 6.18 Å². The molecule has 0 aliphatic rings. The fraction of sp³-hybridized carbons (Fsp3) is 0.125. The highest BCUT2D eigenvalue weighted by Crippen LogP contribution is 2.33. The van der Waals surface area contributed by atoms with Crippen molar-refractivity contribution in [3.63, 3.8) is 0 Å². The summed E-state index contributed by atoms with van der Waals surface area (Å²) in [5, 5.41) is 1.54. The van der Waals surface area contributed by atoms with Crippen LogP contribution in [0.2, 0.25) is 0 Å². The summed E-state index contributed by atoms with van der Waals surface area (Å²) in [7, 11) is 1.35. The molecule has 0 aliphatic heterocycles. The number of fused-ring (bicyclic) bond motifs is 1. The first-order valence-electron chi connectivity index (χ1n) is 6.72. The number of nitrogens with two attached hydrogens (primary N) is 1. The predicted octanol–water partition coefficient (Wildman–Crippen LogP) is 3.20. The van der Waals surface area contributed by atoms with Crippen LogP contribution >= 0.6 is 0 Å². The van der Waals surface area contributed by atoms with E-state index in [0.717, 1.165) is 9.95 Å². The van der Waals surface area contributed by atoms with Gasteiger partial charge in [-0.1, -0.05) is 42.5 Å². The Bertz CT molecular complexity index is 956. The summed E-state index contributed by atoms with van der Waals surface area (Å²) >= 11 is 0. The Kier molecular flexibility index (Phi) is 3.35. The van der Waals surface area contributed by atoms with E-state index in [1.807, 2.05) is 18.2 Å². The van der Waals surface area contributed by atoms with Crippen LogP contribution in [0.3, 0.4) is 0 Å².